The van der Waals surface area contributed by atoms with E-state index in [4.69, 9.17) is 9.47 Å². The van der Waals surface area contributed by atoms with Crippen LogP contribution in [-0.4, -0.2) is 19.5 Å². The zero-order valence-corrected chi connectivity index (χ0v) is 13.4. The second-order valence-corrected chi connectivity index (χ2v) is 6.72. The largest absolute Gasteiger partial charge is 0.352 e. The molecule has 3 rings (SSSR count). The third kappa shape index (κ3) is 3.72. The SMILES string of the molecule is CCC1COC(C2CCC(c3cc(F)c(F)c(F)c3)CC2)OC1. The highest BCUT2D eigenvalue weighted by Gasteiger charge is 2.33. The molecule has 0 bridgehead atoms. The maximum absolute atomic E-state index is 13.4. The molecule has 2 aliphatic rings. The van der Waals surface area contributed by atoms with Crippen LogP contribution in [-0.2, 0) is 9.47 Å². The van der Waals surface area contributed by atoms with Crippen LogP contribution >= 0.6 is 0 Å². The molecule has 1 heterocycles. The summed E-state index contributed by atoms with van der Waals surface area (Å²) in [5, 5.41) is 0. The first-order chi connectivity index (χ1) is 11.1. The van der Waals surface area contributed by atoms with Crippen LogP contribution in [0.3, 0.4) is 0 Å². The standard InChI is InChI=1S/C18H23F3O2/c1-2-11-9-22-18(23-10-11)13-5-3-12(4-6-13)14-7-15(19)17(21)16(20)8-14/h7-8,11-13,18H,2-6,9-10H2,1H3. The molecule has 1 aromatic rings. The quantitative estimate of drug-likeness (QED) is 0.744. The maximum atomic E-state index is 13.4. The van der Waals surface area contributed by atoms with Crippen molar-refractivity contribution < 1.29 is 22.6 Å². The summed E-state index contributed by atoms with van der Waals surface area (Å²) in [5.41, 5.74) is 0.552. The zero-order chi connectivity index (χ0) is 16.4. The number of halogens is 3. The van der Waals surface area contributed by atoms with E-state index in [0.29, 0.717) is 17.4 Å². The summed E-state index contributed by atoms with van der Waals surface area (Å²) in [7, 11) is 0. The molecule has 0 amide bonds. The van der Waals surface area contributed by atoms with Gasteiger partial charge in [-0.05, 0) is 55.7 Å². The van der Waals surface area contributed by atoms with Crippen LogP contribution in [0.5, 0.6) is 0 Å². The molecule has 1 aromatic carbocycles. The van der Waals surface area contributed by atoms with Gasteiger partial charge in [-0.1, -0.05) is 6.92 Å². The number of hydrogen-bond donors (Lipinski definition) is 0. The highest BCUT2D eigenvalue weighted by atomic mass is 19.2. The smallest absolute Gasteiger partial charge is 0.194 e. The Morgan fingerprint density at radius 2 is 1.52 bits per heavy atom. The van der Waals surface area contributed by atoms with Crippen LogP contribution in [0.25, 0.3) is 0 Å². The normalized spacial score (nSPS) is 32.0. The zero-order valence-electron chi connectivity index (χ0n) is 13.4. The van der Waals surface area contributed by atoms with E-state index >= 15 is 0 Å². The Kier molecular flexibility index (Phi) is 5.27. The predicted molar refractivity (Wildman–Crippen MR) is 80.5 cm³/mol. The average Bonchev–Trinajstić information content (AvgIpc) is 2.59. The van der Waals surface area contributed by atoms with E-state index in [2.05, 4.69) is 6.92 Å². The third-order valence-corrected chi connectivity index (χ3v) is 5.20. The van der Waals surface area contributed by atoms with Gasteiger partial charge in [0.25, 0.3) is 0 Å². The van der Waals surface area contributed by atoms with Crippen molar-refractivity contribution in [3.05, 3.63) is 35.1 Å². The van der Waals surface area contributed by atoms with E-state index in [1.807, 2.05) is 0 Å². The Labute approximate surface area is 135 Å². The van der Waals surface area contributed by atoms with Crippen molar-refractivity contribution in [1.29, 1.82) is 0 Å². The highest BCUT2D eigenvalue weighted by molar-refractivity contribution is 5.23. The van der Waals surface area contributed by atoms with Crippen molar-refractivity contribution >= 4 is 0 Å². The molecule has 0 N–H and O–H groups in total. The minimum Gasteiger partial charge on any atom is -0.352 e. The van der Waals surface area contributed by atoms with Gasteiger partial charge in [0.1, 0.15) is 0 Å². The molecule has 128 valence electrons. The van der Waals surface area contributed by atoms with Crippen molar-refractivity contribution in [2.75, 3.05) is 13.2 Å². The molecule has 1 aliphatic carbocycles. The lowest BCUT2D eigenvalue weighted by Gasteiger charge is -2.37. The molecule has 1 saturated carbocycles. The number of ether oxygens (including phenoxy) is 2. The Morgan fingerprint density at radius 1 is 0.957 bits per heavy atom. The minimum absolute atomic E-state index is 0.0721. The molecule has 5 heteroatoms. The molecule has 0 atom stereocenters. The second kappa shape index (κ2) is 7.22. The molecule has 1 saturated heterocycles. The van der Waals surface area contributed by atoms with Crippen molar-refractivity contribution in [2.24, 2.45) is 11.8 Å². The first-order valence-electron chi connectivity index (χ1n) is 8.46. The molecule has 0 radical (unpaired) electrons. The first-order valence-corrected chi connectivity index (χ1v) is 8.46. The monoisotopic (exact) mass is 328 g/mol. The van der Waals surface area contributed by atoms with E-state index < -0.39 is 17.5 Å². The lowest BCUT2D eigenvalue weighted by Crippen LogP contribution is -2.38. The average molecular weight is 328 g/mol. The summed E-state index contributed by atoms with van der Waals surface area (Å²) in [5.74, 6) is -2.72. The van der Waals surface area contributed by atoms with E-state index in [0.717, 1.165) is 57.5 Å². The maximum Gasteiger partial charge on any atom is 0.194 e. The van der Waals surface area contributed by atoms with Crippen LogP contribution < -0.4 is 0 Å². The molecule has 2 nitrogen and oxygen atoms in total. The molecule has 1 aliphatic heterocycles. The van der Waals surface area contributed by atoms with Gasteiger partial charge in [-0.2, -0.15) is 0 Å². The highest BCUT2D eigenvalue weighted by Crippen LogP contribution is 2.39. The first kappa shape index (κ1) is 16.8. The van der Waals surface area contributed by atoms with Gasteiger partial charge in [0.05, 0.1) is 13.2 Å². The van der Waals surface area contributed by atoms with Crippen molar-refractivity contribution in [1.82, 2.24) is 0 Å². The fourth-order valence-electron chi connectivity index (χ4n) is 3.60. The lowest BCUT2D eigenvalue weighted by molar-refractivity contribution is -0.228. The summed E-state index contributed by atoms with van der Waals surface area (Å²) in [6.07, 6.45) is 4.33. The van der Waals surface area contributed by atoms with Crippen LogP contribution in [0, 0.1) is 29.3 Å². The minimum atomic E-state index is -1.39. The number of hydrogen-bond acceptors (Lipinski definition) is 2. The molecular weight excluding hydrogens is 305 g/mol. The Hall–Kier alpha value is -1.07. The van der Waals surface area contributed by atoms with Crippen molar-refractivity contribution in [2.45, 2.75) is 51.2 Å². The van der Waals surface area contributed by atoms with E-state index in [-0.39, 0.29) is 12.2 Å². The molecule has 0 spiro atoms. The van der Waals surface area contributed by atoms with E-state index in [1.54, 1.807) is 0 Å². The van der Waals surface area contributed by atoms with Crippen molar-refractivity contribution in [3.63, 3.8) is 0 Å². The molecule has 23 heavy (non-hydrogen) atoms. The lowest BCUT2D eigenvalue weighted by atomic mass is 9.78. The summed E-state index contributed by atoms with van der Waals surface area (Å²) >= 11 is 0. The van der Waals surface area contributed by atoms with E-state index in [9.17, 15) is 13.2 Å². The van der Waals surface area contributed by atoms with Gasteiger partial charge in [-0.15, -0.1) is 0 Å². The molecular formula is C18H23F3O2. The fraction of sp³-hybridized carbons (Fsp3) is 0.667. The van der Waals surface area contributed by atoms with Gasteiger partial charge in [0.15, 0.2) is 23.7 Å². The van der Waals surface area contributed by atoms with Crippen LogP contribution in [0.1, 0.15) is 50.5 Å². The molecule has 2 fully saturated rings. The predicted octanol–water partition coefficient (Wildman–Crippen LogP) is 4.78. The van der Waals surface area contributed by atoms with Gasteiger partial charge in [-0.3, -0.25) is 0 Å². The third-order valence-electron chi connectivity index (χ3n) is 5.20. The summed E-state index contributed by atoms with van der Waals surface area (Å²) in [6, 6.07) is 2.26. The van der Waals surface area contributed by atoms with Gasteiger partial charge in [0.2, 0.25) is 0 Å². The van der Waals surface area contributed by atoms with Gasteiger partial charge >= 0.3 is 0 Å². The molecule has 0 aromatic heterocycles. The summed E-state index contributed by atoms with van der Waals surface area (Å²) < 4.78 is 51.5. The Bertz CT molecular complexity index is 510. The summed E-state index contributed by atoms with van der Waals surface area (Å²) in [4.78, 5) is 0. The van der Waals surface area contributed by atoms with Crippen molar-refractivity contribution in [3.8, 4) is 0 Å². The van der Waals surface area contributed by atoms with E-state index in [1.165, 1.54) is 0 Å². The Balaban J connectivity index is 1.56. The van der Waals surface area contributed by atoms with Gasteiger partial charge in [0, 0.05) is 11.8 Å². The van der Waals surface area contributed by atoms with Gasteiger partial charge in [-0.25, -0.2) is 13.2 Å². The second-order valence-electron chi connectivity index (χ2n) is 6.72. The van der Waals surface area contributed by atoms with Crippen LogP contribution in [0.4, 0.5) is 13.2 Å². The molecule has 0 unspecified atom stereocenters. The Morgan fingerprint density at radius 3 is 2.04 bits per heavy atom. The van der Waals surface area contributed by atoms with Gasteiger partial charge < -0.3 is 9.47 Å². The number of rotatable bonds is 3. The number of benzene rings is 1. The summed E-state index contributed by atoms with van der Waals surface area (Å²) in [6.45, 7) is 3.62. The fourth-order valence-corrected chi connectivity index (χ4v) is 3.60. The topological polar surface area (TPSA) is 18.5 Å². The van der Waals surface area contributed by atoms with Crippen LogP contribution in [0.15, 0.2) is 12.1 Å². The van der Waals surface area contributed by atoms with Crippen LogP contribution in [0.2, 0.25) is 0 Å².